The van der Waals surface area contributed by atoms with Gasteiger partial charge >= 0.3 is 282 Å². The molecule has 0 aliphatic carbocycles. The van der Waals surface area contributed by atoms with Crippen molar-refractivity contribution in [2.75, 3.05) is 50.4 Å². The summed E-state index contributed by atoms with van der Waals surface area (Å²) >= 11 is 0. The fourth-order valence-corrected chi connectivity index (χ4v) is 9.37. The van der Waals surface area contributed by atoms with Gasteiger partial charge in [0.25, 0.3) is 0 Å². The van der Waals surface area contributed by atoms with Crippen molar-refractivity contribution in [3.05, 3.63) is 101 Å². The minimum atomic E-state index is -5.36. The third-order valence-electron chi connectivity index (χ3n) is 7.99. The normalized spacial score (nSPS) is 14.2. The second-order valence-electron chi connectivity index (χ2n) is 11.8. The molecule has 0 spiro atoms. The fraction of sp³-hybridized carbons (Fsp3) is 0.333. The summed E-state index contributed by atoms with van der Waals surface area (Å²) in [6.07, 6.45) is -20.7. The van der Waals surface area contributed by atoms with Crippen molar-refractivity contribution in [2.45, 2.75) is 12.4 Å². The fourth-order valence-electron chi connectivity index (χ4n) is 4.65. The summed E-state index contributed by atoms with van der Waals surface area (Å²) in [5.41, 5.74) is -3.73. The number of benzene rings is 3. The van der Waals surface area contributed by atoms with Crippen LogP contribution < -0.4 is 4.65 Å². The van der Waals surface area contributed by atoms with Gasteiger partial charge in [0, 0.05) is 0 Å². The Morgan fingerprint density at radius 3 is 1.16 bits per heavy atom. The van der Waals surface area contributed by atoms with Crippen LogP contribution in [0.1, 0.15) is 31.8 Å². The maximum absolute atomic E-state index is 13.7. The first-order valence-electron chi connectivity index (χ1n) is 14.5. The van der Waals surface area contributed by atoms with Gasteiger partial charge in [-0.1, -0.05) is 0 Å². The summed E-state index contributed by atoms with van der Waals surface area (Å²) in [5.74, 6) is -2.95. The molecule has 0 radical (unpaired) electrons. The quantitative estimate of drug-likeness (QED) is 0.0464. The number of halogens is 6. The van der Waals surface area contributed by atoms with Crippen molar-refractivity contribution in [1.82, 2.24) is 0 Å². The van der Waals surface area contributed by atoms with Gasteiger partial charge in [-0.25, -0.2) is 0 Å². The maximum atomic E-state index is 13.7. The second kappa shape index (κ2) is 15.7. The van der Waals surface area contributed by atoms with E-state index in [4.69, 9.17) is 13.5 Å². The van der Waals surface area contributed by atoms with E-state index >= 15 is 0 Å². The molecule has 0 bridgehead atoms. The van der Waals surface area contributed by atoms with E-state index in [9.17, 15) is 66.6 Å². The van der Waals surface area contributed by atoms with Crippen LogP contribution in [0.15, 0.2) is 78.9 Å². The van der Waals surface area contributed by atoms with E-state index in [1.54, 1.807) is 12.1 Å². The number of aliphatic hydroxyl groups excluding tert-OH is 6. The summed E-state index contributed by atoms with van der Waals surface area (Å²) in [4.78, 5) is 26.7. The summed E-state index contributed by atoms with van der Waals surface area (Å²) in [6.45, 7) is -10.6. The van der Waals surface area contributed by atoms with Gasteiger partial charge in [-0.05, 0) is 0 Å². The molecule has 0 aliphatic heterocycles. The number of ketones is 2. The molecule has 11 nitrogen and oxygen atoms in total. The van der Waals surface area contributed by atoms with Crippen LogP contribution in [-0.2, 0) is 21.2 Å². The van der Waals surface area contributed by atoms with E-state index in [2.05, 4.69) is 0 Å². The van der Waals surface area contributed by atoms with Gasteiger partial charge < -0.3 is 0 Å². The molecule has 0 aromatic heterocycles. The first-order valence-corrected chi connectivity index (χ1v) is 20.3. The molecule has 0 saturated heterocycles. The molecule has 276 valence electrons. The molecule has 0 amide bonds. The standard InChI is InChI=1S/C30H35BF6O11P2/c32-29(33,34)24-11-25(30(35,36)37)13-26(12-24)46-31(47-49(16-38,17-39,18-40)14-27(44)22-7-3-1-4-8-22)48-50(19-41,20-42,21-43)15-28(45)23-9-5-2-6-10-23/h1-13,38-43H,14-21H2. The van der Waals surface area contributed by atoms with Crippen molar-refractivity contribution in [3.63, 3.8) is 0 Å². The molecule has 20 heteroatoms. The Labute approximate surface area is 282 Å². The van der Waals surface area contributed by atoms with Gasteiger partial charge in [0.2, 0.25) is 0 Å². The van der Waals surface area contributed by atoms with E-state index in [1.807, 2.05) is 0 Å². The molecule has 0 atom stereocenters. The summed E-state index contributed by atoms with van der Waals surface area (Å²) < 4.78 is 99.4. The zero-order chi connectivity index (χ0) is 37.5. The van der Waals surface area contributed by atoms with Gasteiger partial charge in [0.1, 0.15) is 0 Å². The number of alkyl halides is 6. The summed E-state index contributed by atoms with van der Waals surface area (Å²) in [6, 6.07) is 14.3. The average Bonchev–Trinajstić information content (AvgIpc) is 3.11. The van der Waals surface area contributed by atoms with E-state index in [0.29, 0.717) is 0 Å². The van der Waals surface area contributed by atoms with Crippen LogP contribution in [0.2, 0.25) is 0 Å². The SMILES string of the molecule is O=C(CP(CO)(CO)(CO)OB(Oc1cc(C(F)(F)F)cc(C(F)(F)F)c1)OP(CO)(CO)(CO)CC(=O)c1ccccc1)c1ccccc1. The number of carbonyl (C=O) groups is 2. The monoisotopic (exact) mass is 758 g/mol. The van der Waals surface area contributed by atoms with Crippen LogP contribution in [0.5, 0.6) is 5.75 Å². The molecule has 0 saturated carbocycles. The molecule has 50 heavy (non-hydrogen) atoms. The van der Waals surface area contributed by atoms with E-state index in [1.165, 1.54) is 48.5 Å². The Hall–Kier alpha value is -3.02. The van der Waals surface area contributed by atoms with E-state index in [-0.39, 0.29) is 29.3 Å². The zero-order valence-electron chi connectivity index (χ0n) is 26.1. The predicted molar refractivity (Wildman–Crippen MR) is 173 cm³/mol. The first-order chi connectivity index (χ1) is 23.3. The van der Waals surface area contributed by atoms with Crippen molar-refractivity contribution in [3.8, 4) is 5.75 Å². The Bertz CT molecular complexity index is 1490. The number of hydrogen-bond donors (Lipinski definition) is 6. The number of rotatable bonds is 18. The Balaban J connectivity index is 2.26. The van der Waals surface area contributed by atoms with Crippen LogP contribution in [0.4, 0.5) is 26.3 Å². The predicted octanol–water partition coefficient (Wildman–Crippen LogP) is 4.52. The molecular formula is C30H35BF6O11P2. The Kier molecular flexibility index (Phi) is 13.0. The van der Waals surface area contributed by atoms with Crippen molar-refractivity contribution in [1.29, 1.82) is 0 Å². The van der Waals surface area contributed by atoms with Gasteiger partial charge in [-0.2, -0.15) is 0 Å². The number of aliphatic hydroxyl groups is 6. The van der Waals surface area contributed by atoms with Crippen LogP contribution in [0, 0.1) is 0 Å². The van der Waals surface area contributed by atoms with Crippen LogP contribution >= 0.6 is 13.7 Å². The Morgan fingerprint density at radius 2 is 0.880 bits per heavy atom. The third-order valence-corrected chi connectivity index (χ3v) is 16.0. The second-order valence-corrected chi connectivity index (χ2v) is 22.0. The van der Waals surface area contributed by atoms with Gasteiger partial charge in [0.05, 0.1) is 0 Å². The van der Waals surface area contributed by atoms with E-state index < -0.39 is 112 Å². The van der Waals surface area contributed by atoms with Crippen LogP contribution in [-0.4, -0.2) is 99.9 Å². The molecule has 3 rings (SSSR count). The molecule has 3 aromatic carbocycles. The van der Waals surface area contributed by atoms with Gasteiger partial charge in [-0.3, -0.25) is 0 Å². The summed E-state index contributed by atoms with van der Waals surface area (Å²) in [7, 11) is -2.79. The van der Waals surface area contributed by atoms with Crippen LogP contribution in [0.25, 0.3) is 0 Å². The Morgan fingerprint density at radius 1 is 0.560 bits per heavy atom. The van der Waals surface area contributed by atoms with Crippen molar-refractivity contribution < 1.29 is 80.1 Å². The number of carbonyl (C=O) groups excluding carboxylic acids is 2. The average molecular weight is 758 g/mol. The molecule has 0 fully saturated rings. The minimum absolute atomic E-state index is 0.0132. The third kappa shape index (κ3) is 9.25. The van der Waals surface area contributed by atoms with E-state index in [0.717, 1.165) is 0 Å². The number of hydrogen-bond acceptors (Lipinski definition) is 11. The molecular weight excluding hydrogens is 723 g/mol. The molecule has 0 heterocycles. The van der Waals surface area contributed by atoms with Crippen molar-refractivity contribution >= 4 is 32.5 Å². The molecule has 6 N–H and O–H groups in total. The molecule has 0 aliphatic rings. The number of Topliss-reactive ketones (excluding diaryl/α,β-unsaturated/α-hetero) is 2. The first kappa shape index (κ1) is 41.4. The summed E-state index contributed by atoms with van der Waals surface area (Å²) in [5, 5.41) is 63.8. The van der Waals surface area contributed by atoms with Gasteiger partial charge in [0.15, 0.2) is 0 Å². The topological polar surface area (TPSA) is 183 Å². The van der Waals surface area contributed by atoms with Crippen LogP contribution in [0.3, 0.4) is 0 Å². The molecule has 3 aromatic rings. The van der Waals surface area contributed by atoms with Crippen molar-refractivity contribution in [2.24, 2.45) is 0 Å². The van der Waals surface area contributed by atoms with Gasteiger partial charge in [-0.15, -0.1) is 0 Å². The molecule has 0 unspecified atom stereocenters. The zero-order valence-corrected chi connectivity index (χ0v) is 27.9.